The van der Waals surface area contributed by atoms with Crippen molar-refractivity contribution in [2.45, 2.75) is 27.2 Å². The smallest absolute Gasteiger partial charge is 0.341 e. The summed E-state index contributed by atoms with van der Waals surface area (Å²) in [6, 6.07) is 5.72. The third kappa shape index (κ3) is 4.20. The maximum absolute atomic E-state index is 13.8. The van der Waals surface area contributed by atoms with Crippen LogP contribution in [0.3, 0.4) is 0 Å². The van der Waals surface area contributed by atoms with E-state index < -0.39 is 17.7 Å². The average Bonchev–Trinajstić information content (AvgIpc) is 2.89. The molecule has 2 aromatic rings. The lowest BCUT2D eigenvalue weighted by atomic mass is 10.0. The van der Waals surface area contributed by atoms with E-state index in [0.29, 0.717) is 22.9 Å². The molecule has 2 rings (SSSR count). The lowest BCUT2D eigenvalue weighted by molar-refractivity contribution is 0.0527. The van der Waals surface area contributed by atoms with Crippen molar-refractivity contribution in [3.05, 3.63) is 52.2 Å². The Morgan fingerprint density at radius 2 is 2.00 bits per heavy atom. The van der Waals surface area contributed by atoms with Crippen LogP contribution in [-0.4, -0.2) is 18.5 Å². The standard InChI is InChI=1S/C18H20FNO3S/c1-4-23-18(22)15-12(9-11(2)3)10-24-17(15)20-16(21)13-7-5-6-8-14(13)19/h5-8,10-11H,4,9H2,1-3H3,(H,20,21). The number of carbonyl (C=O) groups is 2. The van der Waals surface area contributed by atoms with Crippen LogP contribution in [0.5, 0.6) is 0 Å². The highest BCUT2D eigenvalue weighted by molar-refractivity contribution is 7.15. The van der Waals surface area contributed by atoms with E-state index in [9.17, 15) is 14.0 Å². The van der Waals surface area contributed by atoms with Gasteiger partial charge >= 0.3 is 5.97 Å². The zero-order chi connectivity index (χ0) is 17.7. The predicted molar refractivity (Wildman–Crippen MR) is 93.2 cm³/mol. The summed E-state index contributed by atoms with van der Waals surface area (Å²) in [5.74, 6) is -1.32. The summed E-state index contributed by atoms with van der Waals surface area (Å²) < 4.78 is 18.9. The topological polar surface area (TPSA) is 55.4 Å². The number of hydrogen-bond acceptors (Lipinski definition) is 4. The van der Waals surface area contributed by atoms with Crippen molar-refractivity contribution >= 4 is 28.2 Å². The van der Waals surface area contributed by atoms with Gasteiger partial charge in [-0.05, 0) is 42.3 Å². The van der Waals surface area contributed by atoms with Crippen LogP contribution in [0, 0.1) is 11.7 Å². The van der Waals surface area contributed by atoms with Gasteiger partial charge in [-0.3, -0.25) is 4.79 Å². The van der Waals surface area contributed by atoms with Gasteiger partial charge in [0.05, 0.1) is 17.7 Å². The van der Waals surface area contributed by atoms with Crippen LogP contribution in [0.4, 0.5) is 9.39 Å². The number of anilines is 1. The third-order valence-corrected chi connectivity index (χ3v) is 4.26. The number of hydrogen-bond donors (Lipinski definition) is 1. The summed E-state index contributed by atoms with van der Waals surface area (Å²) in [7, 11) is 0. The molecule has 0 unspecified atom stereocenters. The molecule has 0 radical (unpaired) electrons. The second-order valence-electron chi connectivity index (χ2n) is 5.72. The third-order valence-electron chi connectivity index (χ3n) is 3.32. The average molecular weight is 349 g/mol. The van der Waals surface area contributed by atoms with Crippen molar-refractivity contribution in [1.29, 1.82) is 0 Å². The molecule has 0 aliphatic heterocycles. The van der Waals surface area contributed by atoms with Gasteiger partial charge in [-0.15, -0.1) is 11.3 Å². The van der Waals surface area contributed by atoms with E-state index in [2.05, 4.69) is 5.32 Å². The molecule has 1 aromatic heterocycles. The van der Waals surface area contributed by atoms with Crippen LogP contribution in [0.25, 0.3) is 0 Å². The molecular weight excluding hydrogens is 329 g/mol. The lowest BCUT2D eigenvalue weighted by Gasteiger charge is -2.10. The van der Waals surface area contributed by atoms with E-state index in [1.54, 1.807) is 13.0 Å². The minimum atomic E-state index is -0.605. The molecule has 0 spiro atoms. The van der Waals surface area contributed by atoms with Crippen LogP contribution < -0.4 is 5.32 Å². The fourth-order valence-electron chi connectivity index (χ4n) is 2.32. The molecule has 0 aliphatic carbocycles. The van der Waals surface area contributed by atoms with Gasteiger partial charge in [0.25, 0.3) is 5.91 Å². The van der Waals surface area contributed by atoms with Crippen LogP contribution in [0.1, 0.15) is 47.1 Å². The van der Waals surface area contributed by atoms with Gasteiger partial charge in [-0.1, -0.05) is 26.0 Å². The highest BCUT2D eigenvalue weighted by atomic mass is 32.1. The number of ether oxygens (including phenoxy) is 1. The normalized spacial score (nSPS) is 10.7. The predicted octanol–water partition coefficient (Wildman–Crippen LogP) is 4.51. The molecule has 0 fully saturated rings. The van der Waals surface area contributed by atoms with Crippen molar-refractivity contribution in [3.63, 3.8) is 0 Å². The van der Waals surface area contributed by atoms with Crippen molar-refractivity contribution in [3.8, 4) is 0 Å². The Morgan fingerprint density at radius 3 is 2.62 bits per heavy atom. The Hall–Kier alpha value is -2.21. The molecule has 1 aromatic carbocycles. The zero-order valence-corrected chi connectivity index (χ0v) is 14.7. The molecule has 0 aliphatic rings. The van der Waals surface area contributed by atoms with Gasteiger partial charge in [-0.2, -0.15) is 0 Å². The van der Waals surface area contributed by atoms with Crippen molar-refractivity contribution < 1.29 is 18.7 Å². The quantitative estimate of drug-likeness (QED) is 0.781. The van der Waals surface area contributed by atoms with Crippen LogP contribution >= 0.6 is 11.3 Å². The van der Waals surface area contributed by atoms with Crippen molar-refractivity contribution in [1.82, 2.24) is 0 Å². The maximum atomic E-state index is 13.8. The molecule has 1 N–H and O–H groups in total. The number of esters is 1. The minimum Gasteiger partial charge on any atom is -0.462 e. The summed E-state index contributed by atoms with van der Waals surface area (Å²) in [6.45, 7) is 6.06. The zero-order valence-electron chi connectivity index (χ0n) is 13.9. The second kappa shape index (κ2) is 8.06. The molecular formula is C18H20FNO3S. The maximum Gasteiger partial charge on any atom is 0.341 e. The molecule has 1 amide bonds. The molecule has 0 saturated carbocycles. The van der Waals surface area contributed by atoms with Gasteiger partial charge in [-0.25, -0.2) is 9.18 Å². The van der Waals surface area contributed by atoms with E-state index in [0.717, 1.165) is 5.56 Å². The molecule has 6 heteroatoms. The first kappa shape index (κ1) is 18.1. The van der Waals surface area contributed by atoms with E-state index in [1.807, 2.05) is 19.2 Å². The van der Waals surface area contributed by atoms with Crippen LogP contribution in [0.15, 0.2) is 29.6 Å². The first-order valence-corrected chi connectivity index (χ1v) is 8.65. The summed E-state index contributed by atoms with van der Waals surface area (Å²) in [4.78, 5) is 24.6. The van der Waals surface area contributed by atoms with E-state index >= 15 is 0 Å². The van der Waals surface area contributed by atoms with E-state index in [1.165, 1.54) is 29.5 Å². The number of amides is 1. The minimum absolute atomic E-state index is 0.0638. The number of benzene rings is 1. The van der Waals surface area contributed by atoms with Gasteiger partial charge in [0.15, 0.2) is 0 Å². The van der Waals surface area contributed by atoms with Gasteiger partial charge in [0, 0.05) is 0 Å². The fraction of sp³-hybridized carbons (Fsp3) is 0.333. The number of thiophene rings is 1. The molecule has 24 heavy (non-hydrogen) atoms. The Balaban J connectivity index is 2.32. The van der Waals surface area contributed by atoms with Crippen molar-refractivity contribution in [2.75, 3.05) is 11.9 Å². The largest absolute Gasteiger partial charge is 0.462 e. The molecule has 4 nitrogen and oxygen atoms in total. The highest BCUT2D eigenvalue weighted by Gasteiger charge is 2.23. The van der Waals surface area contributed by atoms with Gasteiger partial charge in [0.1, 0.15) is 10.8 Å². The number of halogens is 1. The Kier molecular flexibility index (Phi) is 6.09. The second-order valence-corrected chi connectivity index (χ2v) is 6.60. The van der Waals surface area contributed by atoms with Gasteiger partial charge in [0.2, 0.25) is 0 Å². The fourth-order valence-corrected chi connectivity index (χ4v) is 3.28. The summed E-state index contributed by atoms with van der Waals surface area (Å²) >= 11 is 1.25. The summed E-state index contributed by atoms with van der Waals surface area (Å²) in [6.07, 6.45) is 0.695. The summed E-state index contributed by atoms with van der Waals surface area (Å²) in [5, 5.41) is 4.86. The molecule has 128 valence electrons. The van der Waals surface area contributed by atoms with Gasteiger partial charge < -0.3 is 10.1 Å². The van der Waals surface area contributed by atoms with E-state index in [-0.39, 0.29) is 12.2 Å². The lowest BCUT2D eigenvalue weighted by Crippen LogP contribution is -2.16. The number of rotatable bonds is 6. The Bertz CT molecular complexity index is 740. The molecule has 0 atom stereocenters. The number of nitrogens with one attached hydrogen (secondary N) is 1. The SMILES string of the molecule is CCOC(=O)c1c(CC(C)C)csc1NC(=O)c1ccccc1F. The van der Waals surface area contributed by atoms with Crippen LogP contribution in [-0.2, 0) is 11.2 Å². The Morgan fingerprint density at radius 1 is 1.29 bits per heavy atom. The van der Waals surface area contributed by atoms with Crippen LogP contribution in [0.2, 0.25) is 0 Å². The molecule has 0 bridgehead atoms. The first-order chi connectivity index (χ1) is 11.4. The Labute approximate surface area is 144 Å². The van der Waals surface area contributed by atoms with Crippen molar-refractivity contribution in [2.24, 2.45) is 5.92 Å². The van der Waals surface area contributed by atoms with E-state index in [4.69, 9.17) is 4.74 Å². The summed E-state index contributed by atoms with van der Waals surface area (Å²) in [5.41, 5.74) is 1.13. The first-order valence-electron chi connectivity index (χ1n) is 7.77. The highest BCUT2D eigenvalue weighted by Crippen LogP contribution is 2.31. The monoisotopic (exact) mass is 349 g/mol. The molecule has 0 saturated heterocycles. The molecule has 1 heterocycles. The number of carbonyl (C=O) groups excluding carboxylic acids is 2.